The molecule has 1 aliphatic rings. The summed E-state index contributed by atoms with van der Waals surface area (Å²) in [6.07, 6.45) is 8.41. The third-order valence-electron chi connectivity index (χ3n) is 9.57. The number of fused-ring (bicyclic) bond motifs is 1. The van der Waals surface area contributed by atoms with Gasteiger partial charge in [0, 0.05) is 63.1 Å². The van der Waals surface area contributed by atoms with E-state index in [-0.39, 0.29) is 48.9 Å². The van der Waals surface area contributed by atoms with Crippen molar-refractivity contribution in [2.45, 2.75) is 96.9 Å². The Kier molecular flexibility index (Phi) is 16.5. The first-order valence-corrected chi connectivity index (χ1v) is 18.9. The van der Waals surface area contributed by atoms with Gasteiger partial charge in [0.05, 0.1) is 41.8 Å². The van der Waals surface area contributed by atoms with Crippen LogP contribution in [0.2, 0.25) is 0 Å². The number of carbonyl (C=O) groups is 3. The molecule has 2 aromatic carbocycles. The van der Waals surface area contributed by atoms with Crippen molar-refractivity contribution in [3.63, 3.8) is 0 Å². The molecule has 0 unspecified atom stereocenters. The highest BCUT2D eigenvalue weighted by atomic mass is 16.5. The summed E-state index contributed by atoms with van der Waals surface area (Å²) in [4.78, 5) is 47.8. The second-order valence-electron chi connectivity index (χ2n) is 14.3. The van der Waals surface area contributed by atoms with E-state index in [1.165, 1.54) is 0 Å². The number of benzene rings is 2. The summed E-state index contributed by atoms with van der Waals surface area (Å²) in [6.45, 7) is 8.06. The van der Waals surface area contributed by atoms with E-state index in [2.05, 4.69) is 34.5 Å². The predicted octanol–water partition coefficient (Wildman–Crippen LogP) is 6.12. The largest absolute Gasteiger partial charge is 0.490 e. The number of aromatic nitrogens is 1. The molecule has 4 rings (SSSR count). The van der Waals surface area contributed by atoms with Crippen molar-refractivity contribution in [3.05, 3.63) is 78.1 Å². The predicted molar refractivity (Wildman–Crippen MR) is 209 cm³/mol. The molecule has 3 aromatic rings. The van der Waals surface area contributed by atoms with Crippen LogP contribution >= 0.6 is 0 Å². The molecule has 5 N–H and O–H groups in total. The highest BCUT2D eigenvalue weighted by Gasteiger charge is 2.30. The standard InChI is InChI=1S/C41H58N6O6/c1-29-25-47(30(2)28-48)41(51)34-24-33(44-39(49)15-6-5-7-16-40(50)45-36-14-9-8-13-35(36)42)17-18-37(34)53-31(3)12-10-11-23-52-38(29)27-46(4)26-32-19-21-43-22-20-32/h8-9,13-14,17-22,24,29-31,38,48H,5-7,10-12,15-16,23,25-28,42H2,1-4H3,(H,44,49)(H,45,50)/t29-,30+,31-,38+/m1/s1. The molecule has 1 aliphatic heterocycles. The molecule has 0 saturated heterocycles. The number of likely N-dealkylation sites (N-methyl/N-ethyl adjacent to an activating group) is 1. The molecular formula is C41H58N6O6. The molecule has 0 aliphatic carbocycles. The number of amides is 3. The third-order valence-corrected chi connectivity index (χ3v) is 9.57. The second-order valence-corrected chi connectivity index (χ2v) is 14.3. The third kappa shape index (κ3) is 13.4. The first-order chi connectivity index (χ1) is 25.5. The zero-order valence-corrected chi connectivity index (χ0v) is 31.8. The first-order valence-electron chi connectivity index (χ1n) is 18.9. The van der Waals surface area contributed by atoms with E-state index in [0.717, 1.165) is 31.4 Å². The van der Waals surface area contributed by atoms with Crippen LogP contribution in [0.4, 0.5) is 17.1 Å². The van der Waals surface area contributed by atoms with Gasteiger partial charge in [-0.25, -0.2) is 0 Å². The fourth-order valence-corrected chi connectivity index (χ4v) is 6.43. The van der Waals surface area contributed by atoms with Crippen LogP contribution in [0.5, 0.6) is 5.75 Å². The summed E-state index contributed by atoms with van der Waals surface area (Å²) >= 11 is 0. The van der Waals surface area contributed by atoms with Gasteiger partial charge >= 0.3 is 0 Å². The number of anilines is 3. The molecule has 0 fully saturated rings. The number of aliphatic hydroxyl groups excluding tert-OH is 1. The Labute approximate surface area is 314 Å². The molecule has 1 aromatic heterocycles. The number of nitrogens with zero attached hydrogens (tertiary/aromatic N) is 3. The summed E-state index contributed by atoms with van der Waals surface area (Å²) < 4.78 is 12.8. The van der Waals surface area contributed by atoms with Crippen LogP contribution in [0.1, 0.15) is 88.1 Å². The molecule has 0 radical (unpaired) electrons. The Morgan fingerprint density at radius 2 is 1.74 bits per heavy atom. The van der Waals surface area contributed by atoms with Gasteiger partial charge in [-0.15, -0.1) is 0 Å². The molecule has 3 amide bonds. The van der Waals surface area contributed by atoms with E-state index in [1.54, 1.807) is 47.6 Å². The van der Waals surface area contributed by atoms with Crippen molar-refractivity contribution in [1.29, 1.82) is 0 Å². The molecule has 2 heterocycles. The number of nitrogen functional groups attached to an aromatic ring is 1. The van der Waals surface area contributed by atoms with Gasteiger partial charge in [0.25, 0.3) is 5.91 Å². The van der Waals surface area contributed by atoms with Crippen molar-refractivity contribution in [3.8, 4) is 5.75 Å². The Hall–Kier alpha value is -4.52. The van der Waals surface area contributed by atoms with Crippen LogP contribution in [0, 0.1) is 5.92 Å². The molecule has 0 saturated carbocycles. The SMILES string of the molecule is C[C@@H]1CCCCO[C@@H](CN(C)Cc2ccncc2)[C@H](C)CN([C@@H](C)CO)C(=O)c2cc(NC(=O)CCCCCC(=O)Nc3ccccc3N)ccc2O1. The number of unbranched alkanes of at least 4 members (excludes halogenated alkanes) is 2. The number of para-hydroxylation sites is 2. The Bertz CT molecular complexity index is 1610. The minimum atomic E-state index is -0.469. The van der Waals surface area contributed by atoms with Gasteiger partial charge in [0.15, 0.2) is 0 Å². The molecular weight excluding hydrogens is 672 g/mol. The molecule has 12 nitrogen and oxygen atoms in total. The Balaban J connectivity index is 1.42. The van der Waals surface area contributed by atoms with E-state index >= 15 is 0 Å². The lowest BCUT2D eigenvalue weighted by atomic mass is 10.0. The van der Waals surface area contributed by atoms with Gasteiger partial charge in [-0.05, 0) is 101 Å². The maximum Gasteiger partial charge on any atom is 0.258 e. The molecule has 53 heavy (non-hydrogen) atoms. The minimum Gasteiger partial charge on any atom is -0.490 e. The van der Waals surface area contributed by atoms with E-state index in [1.807, 2.05) is 38.1 Å². The van der Waals surface area contributed by atoms with Crippen LogP contribution in [-0.4, -0.2) is 89.2 Å². The molecule has 0 bridgehead atoms. The number of pyridine rings is 1. The molecule has 0 spiro atoms. The zero-order chi connectivity index (χ0) is 38.2. The Morgan fingerprint density at radius 1 is 1.02 bits per heavy atom. The topological polar surface area (TPSA) is 159 Å². The van der Waals surface area contributed by atoms with Crippen molar-refractivity contribution in [2.75, 3.05) is 49.7 Å². The van der Waals surface area contributed by atoms with E-state index in [9.17, 15) is 19.5 Å². The van der Waals surface area contributed by atoms with E-state index in [0.29, 0.717) is 73.8 Å². The highest BCUT2D eigenvalue weighted by Crippen LogP contribution is 2.29. The number of hydrogen-bond acceptors (Lipinski definition) is 9. The number of ether oxygens (including phenoxy) is 2. The second kappa shape index (κ2) is 21.2. The van der Waals surface area contributed by atoms with Crippen LogP contribution < -0.4 is 21.1 Å². The zero-order valence-electron chi connectivity index (χ0n) is 31.8. The summed E-state index contributed by atoms with van der Waals surface area (Å²) in [5, 5.41) is 16.0. The average molecular weight is 731 g/mol. The molecule has 12 heteroatoms. The fourth-order valence-electron chi connectivity index (χ4n) is 6.43. The van der Waals surface area contributed by atoms with Gasteiger partial charge in [-0.3, -0.25) is 24.3 Å². The lowest BCUT2D eigenvalue weighted by molar-refractivity contribution is -0.116. The number of hydrogen-bond donors (Lipinski definition) is 4. The highest BCUT2D eigenvalue weighted by molar-refractivity contribution is 6.00. The lowest BCUT2D eigenvalue weighted by Gasteiger charge is -2.36. The fraction of sp³-hybridized carbons (Fsp3) is 0.512. The first kappa shape index (κ1) is 41.2. The van der Waals surface area contributed by atoms with Gasteiger partial charge in [-0.2, -0.15) is 0 Å². The van der Waals surface area contributed by atoms with E-state index < -0.39 is 6.04 Å². The van der Waals surface area contributed by atoms with Gasteiger partial charge < -0.3 is 35.8 Å². The van der Waals surface area contributed by atoms with Crippen LogP contribution in [0.15, 0.2) is 67.0 Å². The summed E-state index contributed by atoms with van der Waals surface area (Å²) in [5.41, 5.74) is 9.00. The van der Waals surface area contributed by atoms with Crippen molar-refractivity contribution in [1.82, 2.24) is 14.8 Å². The number of aliphatic hydroxyl groups is 1. The monoisotopic (exact) mass is 730 g/mol. The lowest BCUT2D eigenvalue weighted by Crippen LogP contribution is -2.47. The van der Waals surface area contributed by atoms with Gasteiger partial charge in [0.1, 0.15) is 5.75 Å². The maximum absolute atomic E-state index is 14.4. The number of carbonyl (C=O) groups excluding carboxylic acids is 3. The van der Waals surface area contributed by atoms with Crippen molar-refractivity contribution < 1.29 is 29.0 Å². The van der Waals surface area contributed by atoms with Crippen molar-refractivity contribution >= 4 is 34.8 Å². The number of rotatable bonds is 14. The van der Waals surface area contributed by atoms with Gasteiger partial charge in [-0.1, -0.05) is 25.5 Å². The van der Waals surface area contributed by atoms with Crippen LogP contribution in [0.3, 0.4) is 0 Å². The number of nitrogens with one attached hydrogen (secondary N) is 2. The summed E-state index contributed by atoms with van der Waals surface area (Å²) in [6, 6.07) is 15.8. The van der Waals surface area contributed by atoms with Gasteiger partial charge in [0.2, 0.25) is 11.8 Å². The summed E-state index contributed by atoms with van der Waals surface area (Å²) in [7, 11) is 2.06. The maximum atomic E-state index is 14.4. The number of nitrogens with two attached hydrogens (primary N) is 1. The minimum absolute atomic E-state index is 0.0514. The smallest absolute Gasteiger partial charge is 0.258 e. The molecule has 288 valence electrons. The van der Waals surface area contributed by atoms with Crippen LogP contribution in [0.25, 0.3) is 0 Å². The van der Waals surface area contributed by atoms with E-state index in [4.69, 9.17) is 15.2 Å². The average Bonchev–Trinajstić information content (AvgIpc) is 3.14. The van der Waals surface area contributed by atoms with Crippen molar-refractivity contribution in [2.24, 2.45) is 5.92 Å². The normalized spacial score (nSPS) is 19.1. The quantitative estimate of drug-likeness (QED) is 0.113. The Morgan fingerprint density at radius 3 is 2.45 bits per heavy atom. The summed E-state index contributed by atoms with van der Waals surface area (Å²) in [5.74, 6) is -0.189. The van der Waals surface area contributed by atoms with Crippen LogP contribution in [-0.2, 0) is 20.9 Å². The molecule has 4 atom stereocenters.